The van der Waals surface area contributed by atoms with Crippen molar-refractivity contribution in [3.05, 3.63) is 0 Å². The van der Waals surface area contributed by atoms with Gasteiger partial charge in [0.1, 0.15) is 0 Å². The maximum atomic E-state index is 12.1. The zero-order valence-corrected chi connectivity index (χ0v) is 12.6. The smallest absolute Gasteiger partial charge is 0.339 e. The first-order chi connectivity index (χ1) is 8.53. The number of hydrogen-bond donors (Lipinski definition) is 2. The Balaban J connectivity index is 5.44. The van der Waals surface area contributed by atoms with Crippen LogP contribution in [0.15, 0.2) is 0 Å². The number of esters is 1. The molecule has 0 aromatic rings. The largest absolute Gasteiger partial charge is 0.481 e. The molecular weight excluding hydrogens is 248 g/mol. The van der Waals surface area contributed by atoms with Crippen molar-refractivity contribution in [2.24, 2.45) is 17.8 Å². The number of carbonyl (C=O) groups is 2. The summed E-state index contributed by atoms with van der Waals surface area (Å²) in [7, 11) is 0. The van der Waals surface area contributed by atoms with Crippen LogP contribution in [0.3, 0.4) is 0 Å². The number of carboxylic acids is 1. The maximum absolute atomic E-state index is 12.1. The molecule has 0 heterocycles. The highest BCUT2D eigenvalue weighted by molar-refractivity contribution is 5.87. The number of carbonyl (C=O) groups excluding carboxylic acids is 1. The van der Waals surface area contributed by atoms with E-state index < -0.39 is 35.5 Å². The van der Waals surface area contributed by atoms with Crippen LogP contribution >= 0.6 is 0 Å². The minimum atomic E-state index is -2.00. The molecule has 2 atom stereocenters. The zero-order chi connectivity index (χ0) is 15.4. The summed E-state index contributed by atoms with van der Waals surface area (Å²) in [6.45, 7) is 10.3. The lowest BCUT2D eigenvalue weighted by molar-refractivity contribution is -0.190. The molecule has 0 fully saturated rings. The highest BCUT2D eigenvalue weighted by Crippen LogP contribution is 2.33. The molecule has 2 N–H and O–H groups in total. The molecule has 112 valence electrons. The number of ether oxygens (including phenoxy) is 1. The summed E-state index contributed by atoms with van der Waals surface area (Å²) in [5.74, 6) is -3.69. The minimum Gasteiger partial charge on any atom is -0.481 e. The van der Waals surface area contributed by atoms with Crippen molar-refractivity contribution in [3.63, 3.8) is 0 Å². The summed E-state index contributed by atoms with van der Waals surface area (Å²) in [5, 5.41) is 20.0. The van der Waals surface area contributed by atoms with Gasteiger partial charge in [0.05, 0.1) is 12.0 Å². The number of hydrogen-bond acceptors (Lipinski definition) is 4. The molecule has 0 unspecified atom stereocenters. The summed E-state index contributed by atoms with van der Waals surface area (Å²) in [6, 6.07) is 0. The highest BCUT2D eigenvalue weighted by atomic mass is 16.6. The van der Waals surface area contributed by atoms with Gasteiger partial charge in [0, 0.05) is 0 Å². The van der Waals surface area contributed by atoms with Crippen LogP contribution in [0.5, 0.6) is 0 Å². The number of carboxylic acid groups (broad SMARTS) is 1. The van der Waals surface area contributed by atoms with E-state index in [1.54, 1.807) is 27.7 Å². The van der Waals surface area contributed by atoms with Crippen LogP contribution in [-0.4, -0.2) is 33.9 Å². The lowest BCUT2D eigenvalue weighted by Gasteiger charge is -2.36. The van der Waals surface area contributed by atoms with E-state index >= 15 is 0 Å². The van der Waals surface area contributed by atoms with Gasteiger partial charge < -0.3 is 14.9 Å². The molecule has 0 amide bonds. The van der Waals surface area contributed by atoms with E-state index in [0.717, 1.165) is 0 Å². The Labute approximate surface area is 115 Å². The van der Waals surface area contributed by atoms with Gasteiger partial charge >= 0.3 is 11.9 Å². The fraction of sp³-hybridized carbons (Fsp3) is 0.857. The predicted molar refractivity (Wildman–Crippen MR) is 71.6 cm³/mol. The van der Waals surface area contributed by atoms with Gasteiger partial charge in [-0.05, 0) is 32.1 Å². The lowest BCUT2D eigenvalue weighted by Crippen LogP contribution is -2.54. The van der Waals surface area contributed by atoms with Crippen LogP contribution in [0.2, 0.25) is 0 Å². The Morgan fingerprint density at radius 1 is 1.11 bits per heavy atom. The van der Waals surface area contributed by atoms with Crippen molar-refractivity contribution in [2.45, 2.75) is 59.7 Å². The van der Waals surface area contributed by atoms with E-state index in [1.165, 1.54) is 0 Å². The van der Waals surface area contributed by atoms with Crippen LogP contribution in [0.4, 0.5) is 0 Å². The van der Waals surface area contributed by atoms with E-state index in [4.69, 9.17) is 4.74 Å². The number of aliphatic carboxylic acids is 1. The van der Waals surface area contributed by atoms with Crippen molar-refractivity contribution in [1.82, 2.24) is 0 Å². The molecule has 0 aliphatic heterocycles. The molecule has 0 aromatic carbocycles. The Morgan fingerprint density at radius 3 is 1.84 bits per heavy atom. The molecule has 0 saturated heterocycles. The summed E-state index contributed by atoms with van der Waals surface area (Å²) < 4.78 is 5.04. The molecule has 19 heavy (non-hydrogen) atoms. The third-order valence-electron chi connectivity index (χ3n) is 3.09. The Morgan fingerprint density at radius 2 is 1.58 bits per heavy atom. The van der Waals surface area contributed by atoms with Crippen molar-refractivity contribution in [1.29, 1.82) is 0 Å². The van der Waals surface area contributed by atoms with Gasteiger partial charge in [0.15, 0.2) is 5.60 Å². The van der Waals surface area contributed by atoms with Gasteiger partial charge in [0.25, 0.3) is 0 Å². The standard InChI is InChI=1S/C14H26O5/c1-8(2)7-11(12(15)16)14(18,9(3)4)13(17)19-10(5)6/h8-11,18H,7H2,1-6H3,(H,15,16)/t11-,14-/m0/s1. The van der Waals surface area contributed by atoms with Gasteiger partial charge in [-0.1, -0.05) is 27.7 Å². The molecule has 0 saturated carbocycles. The molecular formula is C14H26O5. The second kappa shape index (κ2) is 6.89. The summed E-state index contributed by atoms with van der Waals surface area (Å²) in [6.07, 6.45) is -0.178. The SMILES string of the molecule is CC(C)C[C@@H](C(=O)O)[C@](O)(C(=O)OC(C)C)C(C)C. The lowest BCUT2D eigenvalue weighted by atomic mass is 9.75. The van der Waals surface area contributed by atoms with Crippen LogP contribution in [0.25, 0.3) is 0 Å². The number of aliphatic hydroxyl groups is 1. The summed E-state index contributed by atoms with van der Waals surface area (Å²) in [4.78, 5) is 23.5. The van der Waals surface area contributed by atoms with Crippen LogP contribution in [-0.2, 0) is 14.3 Å². The van der Waals surface area contributed by atoms with Crippen LogP contribution in [0, 0.1) is 17.8 Å². The maximum Gasteiger partial charge on any atom is 0.339 e. The Kier molecular flexibility index (Phi) is 6.49. The van der Waals surface area contributed by atoms with E-state index in [2.05, 4.69) is 0 Å². The summed E-state index contributed by atoms with van der Waals surface area (Å²) in [5.41, 5.74) is -2.00. The summed E-state index contributed by atoms with van der Waals surface area (Å²) >= 11 is 0. The van der Waals surface area contributed by atoms with Gasteiger partial charge in [0.2, 0.25) is 0 Å². The molecule has 0 rings (SSSR count). The molecule has 0 radical (unpaired) electrons. The zero-order valence-electron chi connectivity index (χ0n) is 12.6. The third-order valence-corrected chi connectivity index (χ3v) is 3.09. The van der Waals surface area contributed by atoms with E-state index in [9.17, 15) is 19.8 Å². The van der Waals surface area contributed by atoms with Crippen LogP contribution in [0.1, 0.15) is 48.0 Å². The van der Waals surface area contributed by atoms with Gasteiger partial charge in [-0.3, -0.25) is 4.79 Å². The first-order valence-corrected chi connectivity index (χ1v) is 6.69. The predicted octanol–water partition coefficient (Wildman–Crippen LogP) is 2.07. The van der Waals surface area contributed by atoms with Crippen molar-refractivity contribution < 1.29 is 24.5 Å². The first-order valence-electron chi connectivity index (χ1n) is 6.69. The second-order valence-corrected chi connectivity index (χ2v) is 5.95. The quantitative estimate of drug-likeness (QED) is 0.694. The second-order valence-electron chi connectivity index (χ2n) is 5.95. The number of rotatable bonds is 7. The van der Waals surface area contributed by atoms with Crippen molar-refractivity contribution in [2.75, 3.05) is 0 Å². The minimum absolute atomic E-state index is 0.0539. The molecule has 0 bridgehead atoms. The Bertz CT molecular complexity index is 322. The van der Waals surface area contributed by atoms with Crippen molar-refractivity contribution >= 4 is 11.9 Å². The van der Waals surface area contributed by atoms with E-state index in [1.807, 2.05) is 13.8 Å². The highest BCUT2D eigenvalue weighted by Gasteiger charge is 2.51. The fourth-order valence-electron chi connectivity index (χ4n) is 2.03. The third kappa shape index (κ3) is 4.49. The normalized spacial score (nSPS) is 16.5. The molecule has 0 aliphatic carbocycles. The van der Waals surface area contributed by atoms with Gasteiger partial charge in [-0.15, -0.1) is 0 Å². The molecule has 0 aliphatic rings. The topological polar surface area (TPSA) is 83.8 Å². The molecule has 5 heteroatoms. The molecule has 0 spiro atoms. The van der Waals surface area contributed by atoms with Crippen molar-refractivity contribution in [3.8, 4) is 0 Å². The average Bonchev–Trinajstić information content (AvgIpc) is 2.22. The van der Waals surface area contributed by atoms with Gasteiger partial charge in [-0.2, -0.15) is 0 Å². The first kappa shape index (κ1) is 17.9. The molecule has 5 nitrogen and oxygen atoms in total. The molecule has 0 aromatic heterocycles. The average molecular weight is 274 g/mol. The van der Waals surface area contributed by atoms with E-state index in [0.29, 0.717) is 0 Å². The van der Waals surface area contributed by atoms with Crippen LogP contribution < -0.4 is 0 Å². The fourth-order valence-corrected chi connectivity index (χ4v) is 2.03. The van der Waals surface area contributed by atoms with E-state index in [-0.39, 0.29) is 12.3 Å². The monoisotopic (exact) mass is 274 g/mol. The Hall–Kier alpha value is -1.10. The van der Waals surface area contributed by atoms with Gasteiger partial charge in [-0.25, -0.2) is 4.79 Å².